The van der Waals surface area contributed by atoms with E-state index in [1.807, 2.05) is 6.92 Å². The van der Waals surface area contributed by atoms with Gasteiger partial charge in [-0.1, -0.05) is 18.2 Å². The summed E-state index contributed by atoms with van der Waals surface area (Å²) in [4.78, 5) is 2.38. The molecule has 0 atom stereocenters. The second kappa shape index (κ2) is 7.07. The lowest BCUT2D eigenvalue weighted by Crippen LogP contribution is -2.42. The van der Waals surface area contributed by atoms with Gasteiger partial charge in [-0.2, -0.15) is 0 Å². The zero-order valence-corrected chi connectivity index (χ0v) is 12.6. The van der Waals surface area contributed by atoms with Gasteiger partial charge in [-0.3, -0.25) is 0 Å². The molecule has 0 spiro atoms. The number of nitrogens with one attached hydrogen (secondary N) is 1. The molecule has 0 radical (unpaired) electrons. The fraction of sp³-hybridized carbons (Fsp3) is 0.625. The Bertz CT molecular complexity index is 411. The van der Waals surface area contributed by atoms with Crippen molar-refractivity contribution < 1.29 is 9.84 Å². The van der Waals surface area contributed by atoms with Crippen LogP contribution in [0, 0.1) is 0 Å². The first kappa shape index (κ1) is 15.3. The summed E-state index contributed by atoms with van der Waals surface area (Å²) in [5.41, 5.74) is 2.10. The molecule has 1 saturated heterocycles. The summed E-state index contributed by atoms with van der Waals surface area (Å²) >= 11 is 0. The van der Waals surface area contributed by atoms with E-state index >= 15 is 0 Å². The molecule has 2 rings (SSSR count). The van der Waals surface area contributed by atoms with Crippen LogP contribution in [0.1, 0.15) is 25.3 Å². The lowest BCUT2D eigenvalue weighted by atomic mass is 9.93. The maximum Gasteiger partial charge on any atom is 0.0653 e. The van der Waals surface area contributed by atoms with Gasteiger partial charge in [0.05, 0.1) is 12.2 Å². The van der Waals surface area contributed by atoms with E-state index < -0.39 is 5.60 Å². The number of hydrogen-bond donors (Lipinski definition) is 2. The monoisotopic (exact) mass is 278 g/mol. The zero-order valence-electron chi connectivity index (χ0n) is 12.6. The summed E-state index contributed by atoms with van der Waals surface area (Å²) in [7, 11) is 1.72. The van der Waals surface area contributed by atoms with Crippen molar-refractivity contribution in [3.8, 4) is 0 Å². The molecular formula is C16H26N2O2. The largest absolute Gasteiger partial charge is 0.390 e. The average molecular weight is 278 g/mol. The number of para-hydroxylation sites is 1. The van der Waals surface area contributed by atoms with E-state index in [1.54, 1.807) is 7.11 Å². The lowest BCUT2D eigenvalue weighted by molar-refractivity contribution is 0.0351. The van der Waals surface area contributed by atoms with Gasteiger partial charge in [0.25, 0.3) is 0 Å². The fourth-order valence-corrected chi connectivity index (χ4v) is 2.60. The smallest absolute Gasteiger partial charge is 0.0653 e. The van der Waals surface area contributed by atoms with E-state index in [9.17, 15) is 5.11 Å². The van der Waals surface area contributed by atoms with Crippen molar-refractivity contribution in [1.29, 1.82) is 0 Å². The fourth-order valence-electron chi connectivity index (χ4n) is 2.60. The predicted molar refractivity (Wildman–Crippen MR) is 82.1 cm³/mol. The molecule has 1 aliphatic rings. The number of aliphatic hydroxyl groups is 1. The first-order valence-electron chi connectivity index (χ1n) is 7.37. The van der Waals surface area contributed by atoms with Gasteiger partial charge in [-0.25, -0.2) is 0 Å². The highest BCUT2D eigenvalue weighted by molar-refractivity contribution is 5.54. The molecule has 0 aliphatic carbocycles. The third kappa shape index (κ3) is 4.20. The molecule has 0 unspecified atom stereocenters. The molecule has 1 aromatic rings. The number of anilines is 1. The van der Waals surface area contributed by atoms with Crippen LogP contribution in [-0.4, -0.2) is 44.1 Å². The van der Waals surface area contributed by atoms with Gasteiger partial charge >= 0.3 is 0 Å². The standard InChI is InChI=1S/C16H26N2O2/c1-16(19)7-10-18(11-8-16)15-6-4-3-5-14(15)13-17-9-12-20-2/h3-6,17,19H,7-13H2,1-2H3. The van der Waals surface area contributed by atoms with Gasteiger partial charge in [0.2, 0.25) is 0 Å². The molecule has 0 amide bonds. The Balaban J connectivity index is 1.97. The third-order valence-corrected chi connectivity index (χ3v) is 3.97. The molecule has 1 heterocycles. The minimum atomic E-state index is -0.498. The number of nitrogens with zero attached hydrogens (tertiary/aromatic N) is 1. The molecule has 0 bridgehead atoms. The number of hydrogen-bond acceptors (Lipinski definition) is 4. The third-order valence-electron chi connectivity index (χ3n) is 3.97. The summed E-state index contributed by atoms with van der Waals surface area (Å²) in [6, 6.07) is 8.51. The second-order valence-corrected chi connectivity index (χ2v) is 5.78. The van der Waals surface area contributed by atoms with Crippen LogP contribution in [0.3, 0.4) is 0 Å². The number of piperidine rings is 1. The van der Waals surface area contributed by atoms with Crippen molar-refractivity contribution in [3.05, 3.63) is 29.8 Å². The molecule has 1 aromatic carbocycles. The second-order valence-electron chi connectivity index (χ2n) is 5.78. The number of benzene rings is 1. The van der Waals surface area contributed by atoms with Crippen LogP contribution in [0.5, 0.6) is 0 Å². The summed E-state index contributed by atoms with van der Waals surface area (Å²) in [5.74, 6) is 0. The SMILES string of the molecule is COCCNCc1ccccc1N1CCC(C)(O)CC1. The molecule has 4 nitrogen and oxygen atoms in total. The van der Waals surface area contributed by atoms with Crippen LogP contribution in [0.2, 0.25) is 0 Å². The molecule has 1 fully saturated rings. The summed E-state index contributed by atoms with van der Waals surface area (Å²) in [6.07, 6.45) is 1.66. The van der Waals surface area contributed by atoms with Crippen LogP contribution >= 0.6 is 0 Å². The average Bonchev–Trinajstić information content (AvgIpc) is 2.44. The highest BCUT2D eigenvalue weighted by atomic mass is 16.5. The van der Waals surface area contributed by atoms with E-state index in [0.29, 0.717) is 0 Å². The zero-order chi connectivity index (χ0) is 14.4. The van der Waals surface area contributed by atoms with Crippen molar-refractivity contribution in [2.24, 2.45) is 0 Å². The Hall–Kier alpha value is -1.10. The molecule has 4 heteroatoms. The summed E-state index contributed by atoms with van der Waals surface area (Å²) < 4.78 is 5.05. The van der Waals surface area contributed by atoms with E-state index in [2.05, 4.69) is 34.5 Å². The van der Waals surface area contributed by atoms with Crippen molar-refractivity contribution in [3.63, 3.8) is 0 Å². The number of rotatable bonds is 6. The molecule has 112 valence electrons. The highest BCUT2D eigenvalue weighted by Gasteiger charge is 2.27. The Kier molecular flexibility index (Phi) is 5.40. The van der Waals surface area contributed by atoms with E-state index in [1.165, 1.54) is 11.3 Å². The molecular weight excluding hydrogens is 252 g/mol. The van der Waals surface area contributed by atoms with Crippen LogP contribution in [-0.2, 0) is 11.3 Å². The van der Waals surface area contributed by atoms with Crippen molar-refractivity contribution in [1.82, 2.24) is 5.32 Å². The van der Waals surface area contributed by atoms with E-state index in [0.717, 1.165) is 45.6 Å². The van der Waals surface area contributed by atoms with E-state index in [4.69, 9.17) is 4.74 Å². The Morgan fingerprint density at radius 2 is 2.00 bits per heavy atom. The predicted octanol–water partition coefficient (Wildman–Crippen LogP) is 1.77. The molecule has 0 aromatic heterocycles. The molecule has 1 aliphatic heterocycles. The van der Waals surface area contributed by atoms with Gasteiger partial charge in [-0.15, -0.1) is 0 Å². The van der Waals surface area contributed by atoms with Gasteiger partial charge < -0.3 is 20.1 Å². The van der Waals surface area contributed by atoms with Gasteiger partial charge in [0.1, 0.15) is 0 Å². The maximum absolute atomic E-state index is 10.1. The van der Waals surface area contributed by atoms with Gasteiger partial charge in [0.15, 0.2) is 0 Å². The Morgan fingerprint density at radius 1 is 1.30 bits per heavy atom. The van der Waals surface area contributed by atoms with Crippen molar-refractivity contribution in [2.45, 2.75) is 31.9 Å². The highest BCUT2D eigenvalue weighted by Crippen LogP contribution is 2.28. The molecule has 20 heavy (non-hydrogen) atoms. The molecule has 0 saturated carbocycles. The summed E-state index contributed by atoms with van der Waals surface area (Å²) in [5, 5.41) is 13.5. The Morgan fingerprint density at radius 3 is 2.70 bits per heavy atom. The minimum Gasteiger partial charge on any atom is -0.390 e. The first-order valence-corrected chi connectivity index (χ1v) is 7.37. The number of ether oxygens (including phenoxy) is 1. The first-order chi connectivity index (χ1) is 9.62. The van der Waals surface area contributed by atoms with Crippen LogP contribution in [0.15, 0.2) is 24.3 Å². The van der Waals surface area contributed by atoms with Crippen LogP contribution in [0.25, 0.3) is 0 Å². The topological polar surface area (TPSA) is 44.7 Å². The lowest BCUT2D eigenvalue weighted by Gasteiger charge is -2.38. The van der Waals surface area contributed by atoms with Crippen LogP contribution < -0.4 is 10.2 Å². The molecule has 2 N–H and O–H groups in total. The van der Waals surface area contributed by atoms with Crippen molar-refractivity contribution >= 4 is 5.69 Å². The van der Waals surface area contributed by atoms with E-state index in [-0.39, 0.29) is 0 Å². The maximum atomic E-state index is 10.1. The number of methoxy groups -OCH3 is 1. The van der Waals surface area contributed by atoms with Crippen LogP contribution in [0.4, 0.5) is 5.69 Å². The van der Waals surface area contributed by atoms with Gasteiger partial charge in [0, 0.05) is 39.0 Å². The minimum absolute atomic E-state index is 0.498. The summed E-state index contributed by atoms with van der Waals surface area (Å²) in [6.45, 7) is 6.22. The van der Waals surface area contributed by atoms with Gasteiger partial charge in [-0.05, 0) is 31.4 Å². The van der Waals surface area contributed by atoms with Crippen molar-refractivity contribution in [2.75, 3.05) is 38.3 Å². The normalized spacial score (nSPS) is 18.2. The quantitative estimate of drug-likeness (QED) is 0.779. The Labute approximate surface area is 121 Å².